The van der Waals surface area contributed by atoms with E-state index in [1.54, 1.807) is 6.92 Å². The third-order valence-electron chi connectivity index (χ3n) is 4.99. The molecule has 0 amide bonds. The minimum absolute atomic E-state index is 0.132. The summed E-state index contributed by atoms with van der Waals surface area (Å²) in [6, 6.07) is 11.8. The number of nitrogens with one attached hydrogen (secondary N) is 2. The average molecular weight is 409 g/mol. The fourth-order valence-electron chi connectivity index (χ4n) is 3.29. The number of benzene rings is 1. The average Bonchev–Trinajstić information content (AvgIpc) is 2.69. The second-order valence-electron chi connectivity index (χ2n) is 6.90. The highest BCUT2D eigenvalue weighted by atomic mass is 35.5. The Balaban J connectivity index is 1.50. The molecule has 8 heteroatoms. The molecule has 0 radical (unpaired) electrons. The summed E-state index contributed by atoms with van der Waals surface area (Å²) < 4.78 is 25.8. The van der Waals surface area contributed by atoms with E-state index in [4.69, 9.17) is 11.6 Å². The number of hydrogen-bond donors (Lipinski definition) is 2. The minimum Gasteiger partial charge on any atom is -0.366 e. The monoisotopic (exact) mass is 408 g/mol. The van der Waals surface area contributed by atoms with Crippen LogP contribution >= 0.6 is 11.6 Å². The maximum absolute atomic E-state index is 11.6. The molecular weight excluding hydrogens is 384 g/mol. The van der Waals surface area contributed by atoms with E-state index >= 15 is 0 Å². The summed E-state index contributed by atoms with van der Waals surface area (Å²) in [4.78, 5) is 0. The molecule has 0 spiro atoms. The van der Waals surface area contributed by atoms with Gasteiger partial charge in [0.25, 0.3) is 0 Å². The molecule has 2 N–H and O–H groups in total. The van der Waals surface area contributed by atoms with Gasteiger partial charge in [0.1, 0.15) is 5.82 Å². The number of rotatable bonds is 7. The number of halogens is 1. The molecule has 146 valence electrons. The topological polar surface area (TPSA) is 84.0 Å². The highest BCUT2D eigenvalue weighted by Gasteiger charge is 2.22. The maximum atomic E-state index is 11.6. The number of sulfonamides is 1. The molecule has 1 aromatic carbocycles. The van der Waals surface area contributed by atoms with Crippen LogP contribution in [0.5, 0.6) is 0 Å². The summed E-state index contributed by atoms with van der Waals surface area (Å²) in [7, 11) is -3.10. The zero-order valence-corrected chi connectivity index (χ0v) is 16.9. The van der Waals surface area contributed by atoms with Crippen molar-refractivity contribution in [1.29, 1.82) is 0 Å². The fourth-order valence-corrected chi connectivity index (χ4v) is 4.22. The van der Waals surface area contributed by atoms with Crippen LogP contribution in [0.3, 0.4) is 0 Å². The van der Waals surface area contributed by atoms with Crippen LogP contribution in [0.2, 0.25) is 5.02 Å². The first-order valence-corrected chi connectivity index (χ1v) is 11.3. The standard InChI is InChI=1S/C19H25ClN4O2S/c1-2-27(25,26)21-13-14-7-9-15(10-8-14)22-19-12-11-18(23-24-19)16-5-3-4-6-17(16)20/h3-6,11-12,14-15,21H,2,7-10,13H2,1H3,(H,22,24). The highest BCUT2D eigenvalue weighted by Crippen LogP contribution is 2.28. The van der Waals surface area contributed by atoms with Gasteiger partial charge in [-0.2, -0.15) is 0 Å². The molecule has 0 unspecified atom stereocenters. The van der Waals surface area contributed by atoms with Crippen molar-refractivity contribution in [2.24, 2.45) is 5.92 Å². The zero-order valence-electron chi connectivity index (χ0n) is 15.4. The predicted octanol–water partition coefficient (Wildman–Crippen LogP) is 3.71. The van der Waals surface area contributed by atoms with Crippen molar-refractivity contribution >= 4 is 27.4 Å². The van der Waals surface area contributed by atoms with Crippen LogP contribution in [0.1, 0.15) is 32.6 Å². The van der Waals surface area contributed by atoms with E-state index < -0.39 is 10.0 Å². The third kappa shape index (κ3) is 5.64. The van der Waals surface area contributed by atoms with Gasteiger partial charge in [0.15, 0.2) is 0 Å². The molecule has 1 heterocycles. The molecule has 1 fully saturated rings. The van der Waals surface area contributed by atoms with Crippen molar-refractivity contribution in [2.75, 3.05) is 17.6 Å². The Morgan fingerprint density at radius 2 is 1.81 bits per heavy atom. The number of aromatic nitrogens is 2. The lowest BCUT2D eigenvalue weighted by Gasteiger charge is -2.29. The molecular formula is C19H25ClN4O2S. The molecule has 1 aliphatic rings. The quantitative estimate of drug-likeness (QED) is 0.729. The Morgan fingerprint density at radius 1 is 1.07 bits per heavy atom. The normalized spacial score (nSPS) is 20.4. The van der Waals surface area contributed by atoms with E-state index in [1.165, 1.54) is 0 Å². The van der Waals surface area contributed by atoms with Crippen LogP contribution in [0.15, 0.2) is 36.4 Å². The Hall–Kier alpha value is -1.70. The zero-order chi connectivity index (χ0) is 19.3. The lowest BCUT2D eigenvalue weighted by Crippen LogP contribution is -2.34. The Kier molecular flexibility index (Phi) is 6.68. The smallest absolute Gasteiger partial charge is 0.211 e. The first kappa shape index (κ1) is 20.0. The Labute approximate surface area is 165 Å². The van der Waals surface area contributed by atoms with Crippen molar-refractivity contribution in [1.82, 2.24) is 14.9 Å². The van der Waals surface area contributed by atoms with E-state index in [9.17, 15) is 8.42 Å². The summed E-state index contributed by atoms with van der Waals surface area (Å²) in [5, 5.41) is 12.6. The number of hydrogen-bond acceptors (Lipinski definition) is 5. The molecule has 2 aromatic rings. The van der Waals surface area contributed by atoms with Gasteiger partial charge in [-0.05, 0) is 56.7 Å². The van der Waals surface area contributed by atoms with Crippen LogP contribution < -0.4 is 10.0 Å². The van der Waals surface area contributed by atoms with Gasteiger partial charge in [-0.3, -0.25) is 0 Å². The molecule has 27 heavy (non-hydrogen) atoms. The molecule has 6 nitrogen and oxygen atoms in total. The van der Waals surface area contributed by atoms with Crippen molar-refractivity contribution in [3.8, 4) is 11.3 Å². The summed E-state index contributed by atoms with van der Waals surface area (Å²) >= 11 is 6.20. The second kappa shape index (κ2) is 8.99. The highest BCUT2D eigenvalue weighted by molar-refractivity contribution is 7.89. The van der Waals surface area contributed by atoms with Crippen molar-refractivity contribution < 1.29 is 8.42 Å². The van der Waals surface area contributed by atoms with Gasteiger partial charge in [-0.15, -0.1) is 10.2 Å². The lowest BCUT2D eigenvalue weighted by atomic mass is 9.86. The summed E-state index contributed by atoms with van der Waals surface area (Å²) in [5.41, 5.74) is 1.62. The van der Waals surface area contributed by atoms with Crippen LogP contribution in [-0.4, -0.2) is 37.0 Å². The molecule has 0 bridgehead atoms. The first-order chi connectivity index (χ1) is 13.0. The summed E-state index contributed by atoms with van der Waals surface area (Å²) in [5.74, 6) is 1.28. The van der Waals surface area contributed by atoms with Crippen LogP contribution in [0, 0.1) is 5.92 Å². The molecule has 1 aromatic heterocycles. The molecule has 1 aliphatic carbocycles. The maximum Gasteiger partial charge on any atom is 0.211 e. The van der Waals surface area contributed by atoms with Gasteiger partial charge in [0.05, 0.1) is 16.5 Å². The Bertz CT molecular complexity index is 850. The third-order valence-corrected chi connectivity index (χ3v) is 6.68. The molecule has 0 atom stereocenters. The van der Waals surface area contributed by atoms with Gasteiger partial charge in [-0.1, -0.05) is 29.8 Å². The molecule has 3 rings (SSSR count). The van der Waals surface area contributed by atoms with Crippen molar-refractivity contribution in [3.63, 3.8) is 0 Å². The van der Waals surface area contributed by atoms with Gasteiger partial charge >= 0.3 is 0 Å². The van der Waals surface area contributed by atoms with Crippen LogP contribution in [-0.2, 0) is 10.0 Å². The van der Waals surface area contributed by atoms with E-state index in [2.05, 4.69) is 20.2 Å². The minimum atomic E-state index is -3.10. The Morgan fingerprint density at radius 3 is 2.44 bits per heavy atom. The fraction of sp³-hybridized carbons (Fsp3) is 0.474. The van der Waals surface area contributed by atoms with Crippen LogP contribution in [0.25, 0.3) is 11.3 Å². The van der Waals surface area contributed by atoms with Gasteiger partial charge in [0, 0.05) is 18.2 Å². The molecule has 1 saturated carbocycles. The van der Waals surface area contributed by atoms with Crippen LogP contribution in [0.4, 0.5) is 5.82 Å². The lowest BCUT2D eigenvalue weighted by molar-refractivity contribution is 0.337. The van der Waals surface area contributed by atoms with E-state index in [1.807, 2.05) is 36.4 Å². The van der Waals surface area contributed by atoms with Gasteiger partial charge < -0.3 is 5.32 Å². The largest absolute Gasteiger partial charge is 0.366 e. The van der Waals surface area contributed by atoms with Gasteiger partial charge in [-0.25, -0.2) is 13.1 Å². The molecule has 0 saturated heterocycles. The predicted molar refractivity (Wildman–Crippen MR) is 109 cm³/mol. The summed E-state index contributed by atoms with van der Waals surface area (Å²) in [6.07, 6.45) is 3.98. The van der Waals surface area contributed by atoms with E-state index in [0.29, 0.717) is 23.5 Å². The number of anilines is 1. The first-order valence-electron chi connectivity index (χ1n) is 9.29. The number of nitrogens with zero attached hydrogens (tertiary/aromatic N) is 2. The SMILES string of the molecule is CCS(=O)(=O)NCC1CCC(Nc2ccc(-c3ccccc3Cl)nn2)CC1. The summed E-state index contributed by atoms with van der Waals surface area (Å²) in [6.45, 7) is 2.19. The van der Waals surface area contributed by atoms with E-state index in [0.717, 1.165) is 42.8 Å². The van der Waals surface area contributed by atoms with Gasteiger partial charge in [0.2, 0.25) is 10.0 Å². The van der Waals surface area contributed by atoms with Crippen molar-refractivity contribution in [3.05, 3.63) is 41.4 Å². The van der Waals surface area contributed by atoms with Crippen molar-refractivity contribution in [2.45, 2.75) is 38.6 Å². The van der Waals surface area contributed by atoms with E-state index in [-0.39, 0.29) is 5.75 Å². The molecule has 0 aliphatic heterocycles. The second-order valence-corrected chi connectivity index (χ2v) is 9.40.